The number of carbonyl (C=O) groups is 1. The number of hydrogen-bond donors (Lipinski definition) is 1. The summed E-state index contributed by atoms with van der Waals surface area (Å²) in [5.41, 5.74) is 0.194. The summed E-state index contributed by atoms with van der Waals surface area (Å²) in [4.78, 5) is 21.9. The van der Waals surface area contributed by atoms with Crippen LogP contribution in [0.1, 0.15) is 61.2 Å². The first-order chi connectivity index (χ1) is 16.5. The van der Waals surface area contributed by atoms with Gasteiger partial charge in [-0.1, -0.05) is 0 Å². The molecule has 3 atom stereocenters. The molecular weight excluding hydrogens is 442 g/mol. The number of halogens is 2. The fourth-order valence-electron chi connectivity index (χ4n) is 5.67. The van der Waals surface area contributed by atoms with Crippen LogP contribution in [0.15, 0.2) is 16.5 Å². The average Bonchev–Trinajstić information content (AvgIpc) is 3.38. The van der Waals surface area contributed by atoms with Gasteiger partial charge in [-0.15, -0.1) is 0 Å². The fraction of sp³-hybridized carbons (Fsp3) is 0.600. The minimum atomic E-state index is -0.814. The number of fused-ring (bicyclic) bond motifs is 1. The number of ether oxygens (including phenoxy) is 1. The quantitative estimate of drug-likeness (QED) is 0.636. The first-order valence-electron chi connectivity index (χ1n) is 12.5. The number of amides is 1. The topological polar surface area (TPSA) is 70.8 Å². The van der Waals surface area contributed by atoms with E-state index in [9.17, 15) is 13.6 Å². The molecule has 0 bridgehead atoms. The number of likely N-dealkylation sites (tertiary alicyclic amines) is 1. The molecule has 7 nitrogen and oxygen atoms in total. The Morgan fingerprint density at radius 2 is 1.68 bits per heavy atom. The summed E-state index contributed by atoms with van der Waals surface area (Å²) in [6.45, 7) is 4.06. The molecule has 2 saturated heterocycles. The first-order valence-corrected chi connectivity index (χ1v) is 12.5. The van der Waals surface area contributed by atoms with Gasteiger partial charge >= 0.3 is 0 Å². The molecule has 2 aromatic rings. The van der Waals surface area contributed by atoms with Crippen LogP contribution in [0.5, 0.6) is 5.75 Å². The zero-order valence-corrected chi connectivity index (χ0v) is 19.2. The van der Waals surface area contributed by atoms with E-state index in [-0.39, 0.29) is 23.2 Å². The molecule has 1 aromatic carbocycles. The molecule has 3 heterocycles. The van der Waals surface area contributed by atoms with Crippen molar-refractivity contribution in [3.63, 3.8) is 0 Å². The number of carbonyl (C=O) groups excluding carboxylic acids is 1. The van der Waals surface area contributed by atoms with Gasteiger partial charge in [0.05, 0.1) is 12.6 Å². The van der Waals surface area contributed by atoms with Crippen LogP contribution in [0, 0.1) is 23.5 Å². The molecule has 2 aliphatic carbocycles. The fourth-order valence-corrected chi connectivity index (χ4v) is 5.67. The Labute approximate surface area is 197 Å². The highest BCUT2D eigenvalue weighted by atomic mass is 19.1. The summed E-state index contributed by atoms with van der Waals surface area (Å²) >= 11 is 0. The third-order valence-corrected chi connectivity index (χ3v) is 7.58. The summed E-state index contributed by atoms with van der Waals surface area (Å²) in [5, 5.41) is 2.61. The summed E-state index contributed by atoms with van der Waals surface area (Å²) in [6.07, 6.45) is 7.12. The van der Waals surface area contributed by atoms with Gasteiger partial charge in [-0.05, 0) is 69.9 Å². The van der Waals surface area contributed by atoms with Crippen LogP contribution >= 0.6 is 0 Å². The molecule has 1 amide bonds. The van der Waals surface area contributed by atoms with Crippen LogP contribution in [0.3, 0.4) is 0 Å². The minimum Gasteiger partial charge on any atom is -0.484 e. The van der Waals surface area contributed by atoms with E-state index in [0.717, 1.165) is 76.8 Å². The van der Waals surface area contributed by atoms with Crippen molar-refractivity contribution in [1.29, 1.82) is 0 Å². The van der Waals surface area contributed by atoms with E-state index in [0.29, 0.717) is 30.2 Å². The van der Waals surface area contributed by atoms with Crippen molar-refractivity contribution in [2.45, 2.75) is 57.6 Å². The lowest BCUT2D eigenvalue weighted by molar-refractivity contribution is 0.101. The molecule has 0 radical (unpaired) electrons. The third-order valence-electron chi connectivity index (χ3n) is 7.58. The molecule has 0 spiro atoms. The standard InChI is InChI=1S/C25H30F2N4O3/c26-19-12-17(13-20(27)23(19)33-18-10-15-9-16(15)11-18)28-24(32)22-21(14-30-5-1-2-6-30)34-25(29-22)31-7-3-4-8-31/h12-13,15-16,18H,1-11,14H2,(H,28,32)/t15-,16?,18+/m1/s1. The molecule has 34 heavy (non-hydrogen) atoms. The van der Waals surface area contributed by atoms with Gasteiger partial charge in [0, 0.05) is 30.9 Å². The maximum absolute atomic E-state index is 14.7. The van der Waals surface area contributed by atoms with Crippen LogP contribution < -0.4 is 15.0 Å². The van der Waals surface area contributed by atoms with Gasteiger partial charge in [0.15, 0.2) is 28.8 Å². The van der Waals surface area contributed by atoms with Crippen molar-refractivity contribution < 1.29 is 22.7 Å². The van der Waals surface area contributed by atoms with Crippen molar-refractivity contribution in [3.05, 3.63) is 35.2 Å². The summed E-state index contributed by atoms with van der Waals surface area (Å²) in [5.74, 6) is -0.739. The molecule has 9 heteroatoms. The van der Waals surface area contributed by atoms with Gasteiger partial charge < -0.3 is 19.4 Å². The van der Waals surface area contributed by atoms with Gasteiger partial charge in [-0.2, -0.15) is 4.98 Å². The van der Waals surface area contributed by atoms with E-state index in [1.54, 1.807) is 0 Å². The van der Waals surface area contributed by atoms with Gasteiger partial charge in [0.25, 0.3) is 11.9 Å². The number of oxazole rings is 1. The van der Waals surface area contributed by atoms with E-state index in [1.165, 1.54) is 6.42 Å². The molecule has 2 aliphatic heterocycles. The van der Waals surface area contributed by atoms with E-state index in [4.69, 9.17) is 9.15 Å². The number of nitrogens with zero attached hydrogens (tertiary/aromatic N) is 3. The van der Waals surface area contributed by atoms with E-state index in [2.05, 4.69) is 15.2 Å². The highest BCUT2D eigenvalue weighted by molar-refractivity contribution is 6.03. The Morgan fingerprint density at radius 1 is 1.03 bits per heavy atom. The number of anilines is 2. The predicted octanol–water partition coefficient (Wildman–Crippen LogP) is 4.58. The molecular formula is C25H30F2N4O3. The SMILES string of the molecule is O=C(Nc1cc(F)c(O[C@@H]2CC3C[C@@H]3C2)c(F)c1)c1nc(N2CCCC2)oc1CN1CCCC1. The summed E-state index contributed by atoms with van der Waals surface area (Å²) in [7, 11) is 0. The number of benzene rings is 1. The Bertz CT molecular complexity index is 1050. The smallest absolute Gasteiger partial charge is 0.298 e. The highest BCUT2D eigenvalue weighted by Gasteiger charge is 2.47. The molecule has 2 saturated carbocycles. The summed E-state index contributed by atoms with van der Waals surface area (Å²) < 4.78 is 41.1. The van der Waals surface area contributed by atoms with Crippen molar-refractivity contribution in [3.8, 4) is 5.75 Å². The lowest BCUT2D eigenvalue weighted by Crippen LogP contribution is -2.21. The van der Waals surface area contributed by atoms with Crippen LogP contribution in [-0.2, 0) is 6.54 Å². The number of aromatic nitrogens is 1. The number of hydrogen-bond acceptors (Lipinski definition) is 6. The second-order valence-corrected chi connectivity index (χ2v) is 10.1. The van der Waals surface area contributed by atoms with Gasteiger partial charge in [0.2, 0.25) is 0 Å². The molecule has 1 N–H and O–H groups in total. The van der Waals surface area contributed by atoms with E-state index in [1.807, 2.05) is 4.90 Å². The first kappa shape index (κ1) is 21.8. The van der Waals surface area contributed by atoms with Gasteiger partial charge in [-0.25, -0.2) is 8.78 Å². The second kappa shape index (κ2) is 8.83. The van der Waals surface area contributed by atoms with Gasteiger partial charge in [-0.3, -0.25) is 9.69 Å². The highest BCUT2D eigenvalue weighted by Crippen LogP contribution is 2.52. The lowest BCUT2D eigenvalue weighted by Gasteiger charge is -2.17. The third kappa shape index (κ3) is 4.37. The normalized spacial score (nSPS) is 26.2. The zero-order chi connectivity index (χ0) is 23.2. The summed E-state index contributed by atoms with van der Waals surface area (Å²) in [6, 6.07) is 2.65. The van der Waals surface area contributed by atoms with Crippen molar-refractivity contribution in [2.75, 3.05) is 36.4 Å². The Hall–Kier alpha value is -2.68. The lowest BCUT2D eigenvalue weighted by atomic mass is 10.2. The maximum atomic E-state index is 14.7. The number of rotatable bonds is 7. The average molecular weight is 473 g/mol. The molecule has 182 valence electrons. The molecule has 6 rings (SSSR count). The van der Waals surface area contributed by atoms with Crippen LogP contribution in [0.25, 0.3) is 0 Å². The van der Waals surface area contributed by atoms with Crippen LogP contribution in [-0.4, -0.2) is 48.1 Å². The molecule has 4 fully saturated rings. The predicted molar refractivity (Wildman–Crippen MR) is 122 cm³/mol. The molecule has 1 aromatic heterocycles. The number of nitrogens with one attached hydrogen (secondary N) is 1. The maximum Gasteiger partial charge on any atom is 0.298 e. The second-order valence-electron chi connectivity index (χ2n) is 10.1. The molecule has 1 unspecified atom stereocenters. The zero-order valence-electron chi connectivity index (χ0n) is 19.2. The van der Waals surface area contributed by atoms with Crippen LogP contribution in [0.2, 0.25) is 0 Å². The monoisotopic (exact) mass is 472 g/mol. The van der Waals surface area contributed by atoms with Crippen LogP contribution in [0.4, 0.5) is 20.5 Å². The Morgan fingerprint density at radius 3 is 2.35 bits per heavy atom. The van der Waals surface area contributed by atoms with E-state index >= 15 is 0 Å². The van der Waals surface area contributed by atoms with Crippen molar-refractivity contribution >= 4 is 17.6 Å². The Kier molecular flexibility index (Phi) is 5.67. The van der Waals surface area contributed by atoms with Gasteiger partial charge in [0.1, 0.15) is 0 Å². The minimum absolute atomic E-state index is 0.0273. The largest absolute Gasteiger partial charge is 0.484 e. The van der Waals surface area contributed by atoms with Crippen molar-refractivity contribution in [1.82, 2.24) is 9.88 Å². The molecule has 4 aliphatic rings. The van der Waals surface area contributed by atoms with Crippen molar-refractivity contribution in [2.24, 2.45) is 11.8 Å². The Balaban J connectivity index is 1.19. The van der Waals surface area contributed by atoms with E-state index < -0.39 is 17.5 Å².